The van der Waals surface area contributed by atoms with Crippen LogP contribution in [0.3, 0.4) is 0 Å². The molecular weight excluding hydrogens is 332 g/mol. The SMILES string of the molecule is COc1ccccc1/C=C/C=N\n1c(-c2ccccc2C)n[nH]c1=S. The number of aryl methyl sites for hydroxylation is 1. The summed E-state index contributed by atoms with van der Waals surface area (Å²) >= 11 is 5.29. The second-order valence-corrected chi connectivity index (χ2v) is 5.73. The molecule has 1 heterocycles. The van der Waals surface area contributed by atoms with Gasteiger partial charge in [0.05, 0.1) is 7.11 Å². The first kappa shape index (κ1) is 16.9. The number of nitrogens with one attached hydrogen (secondary N) is 1. The number of hydrogen-bond acceptors (Lipinski definition) is 4. The molecule has 3 aromatic rings. The van der Waals surface area contributed by atoms with Gasteiger partial charge in [0, 0.05) is 17.3 Å². The highest BCUT2D eigenvalue weighted by molar-refractivity contribution is 7.71. The Morgan fingerprint density at radius 2 is 1.92 bits per heavy atom. The molecule has 0 bridgehead atoms. The molecule has 1 N–H and O–H groups in total. The molecule has 1 aromatic heterocycles. The van der Waals surface area contributed by atoms with E-state index in [0.29, 0.717) is 10.6 Å². The lowest BCUT2D eigenvalue weighted by molar-refractivity contribution is 0.414. The minimum absolute atomic E-state index is 0.445. The summed E-state index contributed by atoms with van der Waals surface area (Å²) in [4.78, 5) is 0. The fraction of sp³-hybridized carbons (Fsp3) is 0.105. The maximum absolute atomic E-state index is 5.32. The highest BCUT2D eigenvalue weighted by Crippen LogP contribution is 2.21. The van der Waals surface area contributed by atoms with Crippen molar-refractivity contribution in [3.8, 4) is 17.1 Å². The van der Waals surface area contributed by atoms with E-state index in [-0.39, 0.29) is 0 Å². The van der Waals surface area contributed by atoms with Gasteiger partial charge in [0.1, 0.15) is 5.75 Å². The molecule has 0 spiro atoms. The van der Waals surface area contributed by atoms with E-state index in [0.717, 1.165) is 22.4 Å². The number of H-pyrrole nitrogens is 1. The lowest BCUT2D eigenvalue weighted by atomic mass is 10.1. The van der Waals surface area contributed by atoms with E-state index >= 15 is 0 Å². The summed E-state index contributed by atoms with van der Waals surface area (Å²) < 4.78 is 7.38. The van der Waals surface area contributed by atoms with Crippen LogP contribution in [-0.4, -0.2) is 28.2 Å². The molecule has 0 fully saturated rings. The zero-order chi connectivity index (χ0) is 17.6. The second kappa shape index (κ2) is 7.72. The average Bonchev–Trinajstić information content (AvgIpc) is 3.00. The Labute approximate surface area is 151 Å². The Bertz CT molecular complexity index is 985. The Morgan fingerprint density at radius 1 is 1.16 bits per heavy atom. The van der Waals surface area contributed by atoms with E-state index in [4.69, 9.17) is 17.0 Å². The van der Waals surface area contributed by atoms with Gasteiger partial charge in [0.2, 0.25) is 4.77 Å². The third-order valence-corrected chi connectivity index (χ3v) is 3.98. The van der Waals surface area contributed by atoms with E-state index in [1.54, 1.807) is 18.0 Å². The maximum Gasteiger partial charge on any atom is 0.216 e. The number of aromatic amines is 1. The van der Waals surface area contributed by atoms with Crippen molar-refractivity contribution >= 4 is 24.5 Å². The quantitative estimate of drug-likeness (QED) is 0.545. The van der Waals surface area contributed by atoms with Gasteiger partial charge in [-0.25, -0.2) is 5.10 Å². The molecule has 0 aliphatic rings. The van der Waals surface area contributed by atoms with Crippen LogP contribution in [0, 0.1) is 11.7 Å². The Balaban J connectivity index is 1.88. The minimum Gasteiger partial charge on any atom is -0.496 e. The summed E-state index contributed by atoms with van der Waals surface area (Å²) in [6, 6.07) is 15.8. The second-order valence-electron chi connectivity index (χ2n) is 5.34. The van der Waals surface area contributed by atoms with Crippen molar-refractivity contribution in [2.75, 3.05) is 7.11 Å². The number of benzene rings is 2. The standard InChI is InChI=1S/C19H18N4OS/c1-14-8-3-5-11-16(14)18-21-22-19(25)23(18)20-13-7-10-15-9-4-6-12-17(15)24-2/h3-13H,1-2H3,(H,22,25)/b10-7+,20-13-. The molecule has 2 aromatic carbocycles. The highest BCUT2D eigenvalue weighted by atomic mass is 32.1. The lowest BCUT2D eigenvalue weighted by Gasteiger charge is -2.04. The zero-order valence-electron chi connectivity index (χ0n) is 14.0. The van der Waals surface area contributed by atoms with Gasteiger partial charge in [-0.1, -0.05) is 42.5 Å². The molecule has 6 heteroatoms. The molecule has 0 amide bonds. The number of allylic oxidation sites excluding steroid dienone is 1. The predicted molar refractivity (Wildman–Crippen MR) is 104 cm³/mol. The molecule has 25 heavy (non-hydrogen) atoms. The fourth-order valence-electron chi connectivity index (χ4n) is 2.45. The van der Waals surface area contributed by atoms with E-state index in [1.807, 2.05) is 67.6 Å². The number of hydrogen-bond donors (Lipinski definition) is 1. The number of nitrogens with zero attached hydrogens (tertiary/aromatic N) is 3. The molecule has 0 aliphatic carbocycles. The zero-order valence-corrected chi connectivity index (χ0v) is 14.8. The topological polar surface area (TPSA) is 55.2 Å². The first-order chi connectivity index (χ1) is 12.2. The number of methoxy groups -OCH3 is 1. The molecule has 0 unspecified atom stereocenters. The number of para-hydroxylation sites is 1. The van der Waals surface area contributed by atoms with Gasteiger partial charge >= 0.3 is 0 Å². The van der Waals surface area contributed by atoms with Crippen molar-refractivity contribution in [2.24, 2.45) is 5.10 Å². The van der Waals surface area contributed by atoms with E-state index < -0.39 is 0 Å². The first-order valence-corrected chi connectivity index (χ1v) is 8.19. The molecule has 0 aliphatic heterocycles. The summed E-state index contributed by atoms with van der Waals surface area (Å²) in [7, 11) is 1.65. The van der Waals surface area contributed by atoms with Crippen LogP contribution >= 0.6 is 12.2 Å². The molecule has 0 saturated heterocycles. The Hall–Kier alpha value is -2.99. The summed E-state index contributed by atoms with van der Waals surface area (Å²) in [5.74, 6) is 1.50. The smallest absolute Gasteiger partial charge is 0.216 e. The van der Waals surface area contributed by atoms with Crippen molar-refractivity contribution in [3.63, 3.8) is 0 Å². The van der Waals surface area contributed by atoms with Gasteiger partial charge < -0.3 is 4.74 Å². The van der Waals surface area contributed by atoms with Crippen LogP contribution < -0.4 is 4.74 Å². The van der Waals surface area contributed by atoms with Gasteiger partial charge in [0.15, 0.2) is 5.82 Å². The third kappa shape index (κ3) is 3.75. The van der Waals surface area contributed by atoms with Crippen LogP contribution in [0.25, 0.3) is 17.5 Å². The van der Waals surface area contributed by atoms with E-state index in [2.05, 4.69) is 15.3 Å². The Morgan fingerprint density at radius 3 is 2.72 bits per heavy atom. The van der Waals surface area contributed by atoms with Gasteiger partial charge in [-0.2, -0.15) is 14.9 Å². The molecular formula is C19H18N4OS. The predicted octanol–water partition coefficient (Wildman–Crippen LogP) is 4.47. The highest BCUT2D eigenvalue weighted by Gasteiger charge is 2.09. The van der Waals surface area contributed by atoms with Crippen molar-refractivity contribution in [3.05, 3.63) is 70.5 Å². The summed E-state index contributed by atoms with van der Waals surface area (Å²) in [5, 5.41) is 11.5. The average molecular weight is 350 g/mol. The largest absolute Gasteiger partial charge is 0.496 e. The summed E-state index contributed by atoms with van der Waals surface area (Å²) in [5.41, 5.74) is 3.07. The van der Waals surface area contributed by atoms with Crippen LogP contribution in [0.15, 0.2) is 59.7 Å². The number of ether oxygens (including phenoxy) is 1. The van der Waals surface area contributed by atoms with Crippen LogP contribution in [0.2, 0.25) is 0 Å². The summed E-state index contributed by atoms with van der Waals surface area (Å²) in [6.07, 6.45) is 5.45. The van der Waals surface area contributed by atoms with Crippen LogP contribution in [0.1, 0.15) is 11.1 Å². The van der Waals surface area contributed by atoms with E-state index in [9.17, 15) is 0 Å². The monoisotopic (exact) mass is 350 g/mol. The van der Waals surface area contributed by atoms with Gasteiger partial charge in [-0.15, -0.1) is 0 Å². The third-order valence-electron chi connectivity index (χ3n) is 3.72. The maximum atomic E-state index is 5.32. The minimum atomic E-state index is 0.445. The number of aromatic nitrogens is 3. The van der Waals surface area contributed by atoms with Crippen LogP contribution in [-0.2, 0) is 0 Å². The molecule has 0 radical (unpaired) electrons. The molecule has 0 atom stereocenters. The van der Waals surface area contributed by atoms with Crippen molar-refractivity contribution in [1.82, 2.24) is 14.9 Å². The lowest BCUT2D eigenvalue weighted by Crippen LogP contribution is -1.95. The molecule has 126 valence electrons. The van der Waals surface area contributed by atoms with Gasteiger partial charge in [-0.05, 0) is 42.9 Å². The normalized spacial score (nSPS) is 11.4. The van der Waals surface area contributed by atoms with Crippen molar-refractivity contribution in [2.45, 2.75) is 6.92 Å². The van der Waals surface area contributed by atoms with Crippen LogP contribution in [0.4, 0.5) is 0 Å². The molecule has 3 rings (SSSR count). The van der Waals surface area contributed by atoms with Crippen molar-refractivity contribution < 1.29 is 4.74 Å². The van der Waals surface area contributed by atoms with Crippen molar-refractivity contribution in [1.29, 1.82) is 0 Å². The first-order valence-electron chi connectivity index (χ1n) is 7.78. The molecule has 5 nitrogen and oxygen atoms in total. The van der Waals surface area contributed by atoms with Gasteiger partial charge in [0.25, 0.3) is 0 Å². The summed E-state index contributed by atoms with van der Waals surface area (Å²) in [6.45, 7) is 2.03. The molecule has 0 saturated carbocycles. The van der Waals surface area contributed by atoms with Crippen LogP contribution in [0.5, 0.6) is 5.75 Å². The van der Waals surface area contributed by atoms with Gasteiger partial charge in [-0.3, -0.25) is 0 Å². The Kier molecular flexibility index (Phi) is 5.20. The number of rotatable bonds is 5. The fourth-order valence-corrected chi connectivity index (χ4v) is 2.63. The van der Waals surface area contributed by atoms with E-state index in [1.165, 1.54) is 0 Å².